The predicted molar refractivity (Wildman–Crippen MR) is 102 cm³/mol. The van der Waals surface area contributed by atoms with Crippen molar-refractivity contribution in [2.75, 3.05) is 23.7 Å². The van der Waals surface area contributed by atoms with Crippen molar-refractivity contribution in [2.45, 2.75) is 44.8 Å². The van der Waals surface area contributed by atoms with Gasteiger partial charge in [-0.15, -0.1) is 0 Å². The first-order chi connectivity index (χ1) is 13.2. The maximum absolute atomic E-state index is 15.7. The lowest BCUT2D eigenvalue weighted by atomic mass is 10.0. The molecule has 0 amide bonds. The van der Waals surface area contributed by atoms with E-state index in [-0.39, 0.29) is 29.3 Å². The van der Waals surface area contributed by atoms with Crippen LogP contribution in [-0.4, -0.2) is 40.8 Å². The second kappa shape index (κ2) is 6.44. The van der Waals surface area contributed by atoms with Crippen molar-refractivity contribution in [1.82, 2.24) is 9.88 Å². The second-order valence-corrected chi connectivity index (χ2v) is 7.74. The van der Waals surface area contributed by atoms with E-state index in [1.165, 1.54) is 4.57 Å². The van der Waals surface area contributed by atoms with Crippen LogP contribution < -0.4 is 21.4 Å². The molecule has 7 nitrogen and oxygen atoms in total. The summed E-state index contributed by atoms with van der Waals surface area (Å²) in [7, 11) is 0. The molecule has 4 N–H and O–H groups in total. The summed E-state index contributed by atoms with van der Waals surface area (Å²) in [5.74, 6) is -3.34. The van der Waals surface area contributed by atoms with Gasteiger partial charge in [0.1, 0.15) is 11.3 Å². The Kier molecular flexibility index (Phi) is 4.29. The number of carboxylic acid groups (broad SMARTS) is 1. The number of fused-ring (bicyclic) bond motifs is 1. The van der Waals surface area contributed by atoms with Crippen LogP contribution in [-0.2, 0) is 0 Å². The number of carboxylic acids is 1. The van der Waals surface area contributed by atoms with E-state index in [0.29, 0.717) is 13.1 Å². The van der Waals surface area contributed by atoms with Gasteiger partial charge < -0.3 is 25.6 Å². The van der Waals surface area contributed by atoms with Crippen molar-refractivity contribution in [3.63, 3.8) is 0 Å². The van der Waals surface area contributed by atoms with Gasteiger partial charge >= 0.3 is 5.97 Å². The number of nitrogens with one attached hydrogen (secondary N) is 1. The molecule has 9 heteroatoms. The summed E-state index contributed by atoms with van der Waals surface area (Å²) in [6.45, 7) is 4.68. The molecular formula is C19H22F2N4O3. The van der Waals surface area contributed by atoms with Gasteiger partial charge in [0.05, 0.1) is 16.6 Å². The first kappa shape index (κ1) is 18.7. The van der Waals surface area contributed by atoms with Gasteiger partial charge in [-0.05, 0) is 26.7 Å². The monoisotopic (exact) mass is 392 g/mol. The van der Waals surface area contributed by atoms with Crippen LogP contribution in [0.5, 0.6) is 0 Å². The second-order valence-electron chi connectivity index (χ2n) is 7.74. The number of piperazine rings is 1. The van der Waals surface area contributed by atoms with Crippen molar-refractivity contribution in [3.8, 4) is 0 Å². The number of halogens is 2. The third-order valence-electron chi connectivity index (χ3n) is 5.59. The van der Waals surface area contributed by atoms with Gasteiger partial charge in [-0.25, -0.2) is 13.6 Å². The van der Waals surface area contributed by atoms with E-state index in [4.69, 9.17) is 5.73 Å². The number of nitrogen functional groups attached to an aromatic ring is 1. The number of pyridine rings is 1. The zero-order chi connectivity index (χ0) is 20.3. The first-order valence-electron chi connectivity index (χ1n) is 9.31. The lowest BCUT2D eigenvalue weighted by Crippen LogP contribution is -2.55. The van der Waals surface area contributed by atoms with Crippen LogP contribution in [0.2, 0.25) is 0 Å². The maximum Gasteiger partial charge on any atom is 0.341 e. The van der Waals surface area contributed by atoms with E-state index in [0.717, 1.165) is 19.0 Å². The zero-order valence-corrected chi connectivity index (χ0v) is 15.6. The minimum Gasteiger partial charge on any atom is -0.477 e. The van der Waals surface area contributed by atoms with E-state index in [1.807, 2.05) is 13.8 Å². The largest absolute Gasteiger partial charge is 0.477 e. The van der Waals surface area contributed by atoms with Crippen LogP contribution in [0.3, 0.4) is 0 Å². The fourth-order valence-electron chi connectivity index (χ4n) is 3.93. The van der Waals surface area contributed by atoms with Crippen LogP contribution in [0.4, 0.5) is 20.2 Å². The Hall–Kier alpha value is -2.68. The number of anilines is 2. The summed E-state index contributed by atoms with van der Waals surface area (Å²) in [6.07, 6.45) is 2.60. The van der Waals surface area contributed by atoms with Gasteiger partial charge in [-0.1, -0.05) is 0 Å². The lowest BCUT2D eigenvalue weighted by molar-refractivity contribution is 0.0695. The number of aromatic nitrogens is 1. The Labute approximate surface area is 159 Å². The molecule has 0 radical (unpaired) electrons. The van der Waals surface area contributed by atoms with Gasteiger partial charge in [-0.3, -0.25) is 4.79 Å². The lowest BCUT2D eigenvalue weighted by Gasteiger charge is -2.39. The molecule has 2 heterocycles. The number of carbonyl (C=O) groups is 1. The molecule has 28 heavy (non-hydrogen) atoms. The minimum absolute atomic E-state index is 0.0203. The van der Waals surface area contributed by atoms with Crippen LogP contribution in [0.15, 0.2) is 11.0 Å². The van der Waals surface area contributed by atoms with Gasteiger partial charge in [-0.2, -0.15) is 0 Å². The van der Waals surface area contributed by atoms with Gasteiger partial charge in [0.15, 0.2) is 11.6 Å². The Morgan fingerprint density at radius 2 is 1.96 bits per heavy atom. The molecule has 1 saturated carbocycles. The SMILES string of the molecule is C[C@@H]1CN(c2c(F)c(N)c3c(=O)c(C(=O)O)cn(C4CC4)c3c2F)[C@@H](C)CN1. The highest BCUT2D eigenvalue weighted by molar-refractivity contribution is 5.99. The Bertz CT molecular complexity index is 1050. The Morgan fingerprint density at radius 1 is 1.29 bits per heavy atom. The van der Waals surface area contributed by atoms with Gasteiger partial charge in [0.2, 0.25) is 5.43 Å². The number of aromatic carboxylic acids is 1. The highest BCUT2D eigenvalue weighted by atomic mass is 19.1. The number of hydrogen-bond acceptors (Lipinski definition) is 5. The molecule has 4 rings (SSSR count). The molecule has 0 spiro atoms. The molecule has 1 aliphatic carbocycles. The summed E-state index contributed by atoms with van der Waals surface area (Å²) < 4.78 is 32.3. The summed E-state index contributed by atoms with van der Waals surface area (Å²) in [5, 5.41) is 12.2. The molecule has 1 aliphatic heterocycles. The quantitative estimate of drug-likeness (QED) is 0.692. The van der Waals surface area contributed by atoms with Crippen molar-refractivity contribution in [2.24, 2.45) is 0 Å². The van der Waals surface area contributed by atoms with Gasteiger partial charge in [0.25, 0.3) is 0 Å². The van der Waals surface area contributed by atoms with Crippen LogP contribution >= 0.6 is 0 Å². The third kappa shape index (κ3) is 2.72. The van der Waals surface area contributed by atoms with E-state index < -0.39 is 39.7 Å². The van der Waals surface area contributed by atoms with Crippen molar-refractivity contribution in [1.29, 1.82) is 0 Å². The Morgan fingerprint density at radius 3 is 2.57 bits per heavy atom. The number of nitrogens with zero attached hydrogens (tertiary/aromatic N) is 2. The van der Waals surface area contributed by atoms with Crippen molar-refractivity contribution >= 4 is 28.2 Å². The summed E-state index contributed by atoms with van der Waals surface area (Å²) in [5.41, 5.74) is 3.55. The normalized spacial score (nSPS) is 22.6. The average molecular weight is 392 g/mol. The molecule has 2 aromatic rings. The van der Waals surface area contributed by atoms with Gasteiger partial charge in [0, 0.05) is 37.4 Å². The molecule has 0 unspecified atom stereocenters. The predicted octanol–water partition coefficient (Wildman–Crippen LogP) is 2.08. The van der Waals surface area contributed by atoms with Crippen LogP contribution in [0, 0.1) is 11.6 Å². The zero-order valence-electron chi connectivity index (χ0n) is 15.6. The van der Waals surface area contributed by atoms with E-state index in [9.17, 15) is 14.7 Å². The number of hydrogen-bond donors (Lipinski definition) is 3. The standard InChI is InChI=1S/C19H22F2N4O3/c1-8-6-24(9(2)5-23-8)17-13(20)15(22)12-16(14(17)21)25(10-3-4-10)7-11(18(12)26)19(27)28/h7-10,23H,3-6,22H2,1-2H3,(H,27,28)/t8-,9+/m1/s1. The Balaban J connectivity index is 2.07. The van der Waals surface area contributed by atoms with E-state index in [1.54, 1.807) is 4.90 Å². The topological polar surface area (TPSA) is 101 Å². The first-order valence-corrected chi connectivity index (χ1v) is 9.31. The third-order valence-corrected chi connectivity index (χ3v) is 5.59. The molecule has 1 saturated heterocycles. The molecule has 150 valence electrons. The molecule has 2 atom stereocenters. The fraction of sp³-hybridized carbons (Fsp3) is 0.474. The van der Waals surface area contributed by atoms with E-state index >= 15 is 8.78 Å². The highest BCUT2D eigenvalue weighted by Crippen LogP contribution is 2.42. The molecular weight excluding hydrogens is 370 g/mol. The van der Waals surface area contributed by atoms with Crippen molar-refractivity contribution in [3.05, 3.63) is 33.6 Å². The number of rotatable bonds is 3. The molecule has 1 aromatic heterocycles. The molecule has 2 aliphatic rings. The smallest absolute Gasteiger partial charge is 0.341 e. The molecule has 2 fully saturated rings. The van der Waals surface area contributed by atoms with Crippen LogP contribution in [0.1, 0.15) is 43.1 Å². The number of benzene rings is 1. The number of nitrogens with two attached hydrogens (primary N) is 1. The fourth-order valence-corrected chi connectivity index (χ4v) is 3.93. The molecule has 0 bridgehead atoms. The van der Waals surface area contributed by atoms with Crippen molar-refractivity contribution < 1.29 is 18.7 Å². The summed E-state index contributed by atoms with van der Waals surface area (Å²) in [4.78, 5) is 25.8. The summed E-state index contributed by atoms with van der Waals surface area (Å²) in [6, 6.07) is -0.295. The minimum atomic E-state index is -1.45. The molecule has 1 aromatic carbocycles. The summed E-state index contributed by atoms with van der Waals surface area (Å²) >= 11 is 0. The van der Waals surface area contributed by atoms with Crippen LogP contribution in [0.25, 0.3) is 10.9 Å². The average Bonchev–Trinajstić information content (AvgIpc) is 3.47. The van der Waals surface area contributed by atoms with E-state index in [2.05, 4.69) is 5.32 Å². The maximum atomic E-state index is 15.7. The highest BCUT2D eigenvalue weighted by Gasteiger charge is 2.35.